The molecule has 1 aliphatic rings. The van der Waals surface area contributed by atoms with E-state index in [1.165, 1.54) is 6.42 Å². The summed E-state index contributed by atoms with van der Waals surface area (Å²) in [4.78, 5) is 0. The predicted octanol–water partition coefficient (Wildman–Crippen LogP) is -0.473. The number of nitrogens with zero attached hydrogens (tertiary/aromatic N) is 1. The largest absolute Gasteiger partial charge is 0.395 e. The highest BCUT2D eigenvalue weighted by Crippen LogP contribution is 2.12. The molecule has 1 N–H and O–H groups in total. The van der Waals surface area contributed by atoms with Crippen molar-refractivity contribution in [3.8, 4) is 0 Å². The zero-order chi connectivity index (χ0) is 5.98. The summed E-state index contributed by atoms with van der Waals surface area (Å²) in [5.41, 5.74) is 0. The van der Waals surface area contributed by atoms with Crippen molar-refractivity contribution in [3.63, 3.8) is 0 Å². The van der Waals surface area contributed by atoms with Gasteiger partial charge >= 0.3 is 0 Å². The minimum absolute atomic E-state index is 0.281. The summed E-state index contributed by atoms with van der Waals surface area (Å²) in [5, 5.41) is 8.66. The molecule has 1 heterocycles. The Morgan fingerprint density at radius 3 is 2.75 bits per heavy atom. The molecule has 1 atom stereocenters. The van der Waals surface area contributed by atoms with Gasteiger partial charge in [-0.15, -0.1) is 0 Å². The molecule has 0 spiro atoms. The van der Waals surface area contributed by atoms with Gasteiger partial charge in [-0.3, -0.25) is 0 Å². The third kappa shape index (κ3) is 1.10. The number of aliphatic hydroxyl groups excluding tert-OH is 1. The van der Waals surface area contributed by atoms with Gasteiger partial charge in [-0.25, -0.2) is 0 Å². The maximum Gasteiger partial charge on any atom is 0.143 e. The Bertz CT molecular complexity index is 78.8. The summed E-state index contributed by atoms with van der Waals surface area (Å²) in [6.07, 6.45) is 2.33. The maximum atomic E-state index is 8.66. The average molecular weight is 128 g/mol. The summed E-state index contributed by atoms with van der Waals surface area (Å²) in [5.74, 6) is 0. The second-order valence-electron chi connectivity index (χ2n) is 2.17. The van der Waals surface area contributed by atoms with Crippen LogP contribution in [0, 0.1) is 0 Å². The third-order valence-corrected chi connectivity index (χ3v) is 2.18. The van der Waals surface area contributed by atoms with E-state index in [2.05, 4.69) is 10.4 Å². The van der Waals surface area contributed by atoms with E-state index in [1.807, 2.05) is 4.57 Å². The van der Waals surface area contributed by atoms with Crippen LogP contribution in [0.3, 0.4) is 0 Å². The molecular formula is C5H10NOSi. The van der Waals surface area contributed by atoms with Crippen molar-refractivity contribution < 1.29 is 5.11 Å². The molecule has 1 fully saturated rings. The first-order chi connectivity index (χ1) is 3.84. The second-order valence-corrected chi connectivity index (χ2v) is 2.75. The van der Waals surface area contributed by atoms with Gasteiger partial charge in [-0.05, 0) is 19.4 Å². The van der Waals surface area contributed by atoms with Gasteiger partial charge in [-0.1, -0.05) is 0 Å². The fourth-order valence-electron chi connectivity index (χ4n) is 1.03. The Hall–Kier alpha value is 0.137. The molecule has 1 saturated heterocycles. The first-order valence-electron chi connectivity index (χ1n) is 2.93. The van der Waals surface area contributed by atoms with Gasteiger partial charge in [0.15, 0.2) is 0 Å². The number of hydrogen-bond donors (Lipinski definition) is 1. The quantitative estimate of drug-likeness (QED) is 0.482. The van der Waals surface area contributed by atoms with Crippen molar-refractivity contribution in [2.75, 3.05) is 13.2 Å². The van der Waals surface area contributed by atoms with Crippen LogP contribution in [0.5, 0.6) is 0 Å². The average Bonchev–Trinajstić information content (AvgIpc) is 2.14. The number of hydrogen-bond acceptors (Lipinski definition) is 2. The van der Waals surface area contributed by atoms with Crippen LogP contribution >= 0.6 is 0 Å². The lowest BCUT2D eigenvalue weighted by Gasteiger charge is -2.15. The minimum atomic E-state index is 0.281. The Balaban J connectivity index is 2.30. The molecule has 2 nitrogen and oxygen atoms in total. The zero-order valence-electron chi connectivity index (χ0n) is 4.80. The summed E-state index contributed by atoms with van der Waals surface area (Å²) >= 11 is 0. The van der Waals surface area contributed by atoms with Crippen molar-refractivity contribution in [3.05, 3.63) is 0 Å². The standard InChI is InChI=1S/C5H10NOSi/c7-4-5-2-1-3-6(5)8/h5,7H,1-4H2/t5-/m1/s1. The Kier molecular flexibility index (Phi) is 2.05. The van der Waals surface area contributed by atoms with Crippen molar-refractivity contribution in [2.24, 2.45) is 0 Å². The fourth-order valence-corrected chi connectivity index (χ4v) is 1.39. The van der Waals surface area contributed by atoms with Crippen LogP contribution in [0.15, 0.2) is 0 Å². The molecular weight excluding hydrogens is 118 g/mol. The SMILES string of the molecule is OC[C@H]1CCCN1[Si]. The van der Waals surface area contributed by atoms with Crippen LogP contribution < -0.4 is 0 Å². The molecule has 45 valence electrons. The molecule has 1 aliphatic heterocycles. The van der Waals surface area contributed by atoms with Crippen LogP contribution in [-0.4, -0.2) is 39.3 Å². The summed E-state index contributed by atoms with van der Waals surface area (Å²) in [6.45, 7) is 1.35. The Morgan fingerprint density at radius 2 is 2.50 bits per heavy atom. The van der Waals surface area contributed by atoms with Crippen molar-refractivity contribution in [2.45, 2.75) is 18.9 Å². The van der Waals surface area contributed by atoms with Crippen LogP contribution in [-0.2, 0) is 0 Å². The van der Waals surface area contributed by atoms with Crippen molar-refractivity contribution >= 4 is 10.4 Å². The lowest BCUT2D eigenvalue weighted by Crippen LogP contribution is -2.29. The molecule has 1 rings (SSSR count). The maximum absolute atomic E-state index is 8.66. The normalized spacial score (nSPS) is 31.5. The smallest absolute Gasteiger partial charge is 0.143 e. The van der Waals surface area contributed by atoms with Gasteiger partial charge in [0.05, 0.1) is 6.61 Å². The van der Waals surface area contributed by atoms with Gasteiger partial charge in [0.2, 0.25) is 0 Å². The number of rotatable bonds is 1. The zero-order valence-corrected chi connectivity index (χ0v) is 5.80. The fraction of sp³-hybridized carbons (Fsp3) is 1.00. The first-order valence-corrected chi connectivity index (χ1v) is 3.38. The van der Waals surface area contributed by atoms with Gasteiger partial charge in [0, 0.05) is 6.04 Å². The summed E-state index contributed by atoms with van der Waals surface area (Å²) in [7, 11) is 3.39. The van der Waals surface area contributed by atoms with Gasteiger partial charge in [0.1, 0.15) is 10.4 Å². The van der Waals surface area contributed by atoms with Crippen molar-refractivity contribution in [1.29, 1.82) is 0 Å². The summed E-state index contributed by atoms with van der Waals surface area (Å²) in [6, 6.07) is 0.367. The third-order valence-electron chi connectivity index (χ3n) is 1.59. The lowest BCUT2D eigenvalue weighted by atomic mass is 10.2. The monoisotopic (exact) mass is 128 g/mol. The van der Waals surface area contributed by atoms with E-state index >= 15 is 0 Å². The minimum Gasteiger partial charge on any atom is -0.395 e. The van der Waals surface area contributed by atoms with E-state index in [0.29, 0.717) is 6.04 Å². The van der Waals surface area contributed by atoms with Crippen LogP contribution in [0.2, 0.25) is 0 Å². The van der Waals surface area contributed by atoms with E-state index in [9.17, 15) is 0 Å². The molecule has 0 amide bonds. The highest BCUT2D eigenvalue weighted by Gasteiger charge is 2.18. The van der Waals surface area contributed by atoms with E-state index in [4.69, 9.17) is 5.11 Å². The van der Waals surface area contributed by atoms with Crippen molar-refractivity contribution in [1.82, 2.24) is 4.57 Å². The molecule has 0 bridgehead atoms. The highest BCUT2D eigenvalue weighted by atomic mass is 28.2. The lowest BCUT2D eigenvalue weighted by molar-refractivity contribution is 0.217. The molecule has 8 heavy (non-hydrogen) atoms. The molecule has 0 aliphatic carbocycles. The van der Waals surface area contributed by atoms with Crippen LogP contribution in [0.1, 0.15) is 12.8 Å². The topological polar surface area (TPSA) is 23.5 Å². The molecule has 0 saturated carbocycles. The van der Waals surface area contributed by atoms with Crippen LogP contribution in [0.25, 0.3) is 0 Å². The van der Waals surface area contributed by atoms with Crippen LogP contribution in [0.4, 0.5) is 0 Å². The first kappa shape index (κ1) is 6.26. The van der Waals surface area contributed by atoms with Gasteiger partial charge < -0.3 is 9.67 Å². The Labute approximate surface area is 53.0 Å². The molecule has 3 radical (unpaired) electrons. The predicted molar refractivity (Wildman–Crippen MR) is 32.6 cm³/mol. The molecule has 0 aromatic carbocycles. The van der Waals surface area contributed by atoms with Gasteiger partial charge in [-0.2, -0.15) is 0 Å². The second kappa shape index (κ2) is 2.62. The molecule has 0 unspecified atom stereocenters. The number of aliphatic hydroxyl groups is 1. The van der Waals surface area contributed by atoms with E-state index < -0.39 is 0 Å². The summed E-state index contributed by atoms with van der Waals surface area (Å²) < 4.78 is 2.01. The molecule has 0 aromatic heterocycles. The van der Waals surface area contributed by atoms with Gasteiger partial charge in [0.25, 0.3) is 0 Å². The van der Waals surface area contributed by atoms with E-state index in [0.717, 1.165) is 13.0 Å². The van der Waals surface area contributed by atoms with E-state index in [-0.39, 0.29) is 6.61 Å². The molecule has 3 heteroatoms. The van der Waals surface area contributed by atoms with E-state index in [1.54, 1.807) is 0 Å². The molecule has 0 aromatic rings. The highest BCUT2D eigenvalue weighted by molar-refractivity contribution is 6.04. The Morgan fingerprint density at radius 1 is 1.75 bits per heavy atom.